The summed E-state index contributed by atoms with van der Waals surface area (Å²) in [6, 6.07) is 6.39. The van der Waals surface area contributed by atoms with Gasteiger partial charge in [-0.15, -0.1) is 11.6 Å². The zero-order valence-electron chi connectivity index (χ0n) is 11.8. The first-order valence-corrected chi connectivity index (χ1v) is 7.44. The van der Waals surface area contributed by atoms with Gasteiger partial charge in [0.15, 0.2) is 0 Å². The van der Waals surface area contributed by atoms with Gasteiger partial charge in [0.25, 0.3) is 0 Å². The van der Waals surface area contributed by atoms with Crippen molar-refractivity contribution in [3.63, 3.8) is 0 Å². The van der Waals surface area contributed by atoms with Crippen molar-refractivity contribution >= 4 is 11.6 Å². The van der Waals surface area contributed by atoms with E-state index in [-0.39, 0.29) is 10.8 Å². The van der Waals surface area contributed by atoms with E-state index in [4.69, 9.17) is 21.1 Å². The Labute approximate surface area is 120 Å². The number of fused-ring (bicyclic) bond motifs is 1. The largest absolute Gasteiger partial charge is 0.492 e. The van der Waals surface area contributed by atoms with Gasteiger partial charge in [-0.25, -0.2) is 0 Å². The van der Waals surface area contributed by atoms with Crippen molar-refractivity contribution in [3.05, 3.63) is 29.3 Å². The summed E-state index contributed by atoms with van der Waals surface area (Å²) in [5.74, 6) is 1.42. The first kappa shape index (κ1) is 13.3. The highest BCUT2D eigenvalue weighted by molar-refractivity contribution is 6.21. The Kier molecular flexibility index (Phi) is 3.26. The lowest BCUT2D eigenvalue weighted by Gasteiger charge is -2.19. The predicted molar refractivity (Wildman–Crippen MR) is 77.1 cm³/mol. The highest BCUT2D eigenvalue weighted by Gasteiger charge is 2.34. The molecule has 3 atom stereocenters. The molecule has 0 bridgehead atoms. The number of hydrogen-bond donors (Lipinski definition) is 0. The first-order chi connectivity index (χ1) is 8.97. The van der Waals surface area contributed by atoms with E-state index in [1.54, 1.807) is 0 Å². The smallest absolute Gasteiger partial charge is 0.123 e. The maximum atomic E-state index is 6.65. The molecule has 0 saturated carbocycles. The van der Waals surface area contributed by atoms with Crippen molar-refractivity contribution in [2.75, 3.05) is 13.2 Å². The summed E-state index contributed by atoms with van der Waals surface area (Å²) < 4.78 is 11.4. The molecule has 0 radical (unpaired) electrons. The molecule has 0 amide bonds. The van der Waals surface area contributed by atoms with E-state index in [2.05, 4.69) is 39.0 Å². The summed E-state index contributed by atoms with van der Waals surface area (Å²) in [5.41, 5.74) is 2.56. The number of rotatable bonds is 2. The van der Waals surface area contributed by atoms with Crippen LogP contribution in [0.2, 0.25) is 0 Å². The zero-order valence-corrected chi connectivity index (χ0v) is 12.5. The van der Waals surface area contributed by atoms with E-state index in [1.807, 2.05) is 0 Å². The van der Waals surface area contributed by atoms with Crippen LogP contribution < -0.4 is 4.74 Å². The normalized spacial score (nSPS) is 29.9. The average molecular weight is 281 g/mol. The molecule has 1 aromatic rings. The van der Waals surface area contributed by atoms with E-state index < -0.39 is 0 Å². The molecule has 3 rings (SSSR count). The number of ether oxygens (including phenoxy) is 2. The summed E-state index contributed by atoms with van der Waals surface area (Å²) >= 11 is 6.65. The number of halogens is 1. The van der Waals surface area contributed by atoms with Gasteiger partial charge in [0.05, 0.1) is 24.7 Å². The molecule has 0 N–H and O–H groups in total. The van der Waals surface area contributed by atoms with E-state index >= 15 is 0 Å². The van der Waals surface area contributed by atoms with E-state index in [0.717, 1.165) is 25.4 Å². The van der Waals surface area contributed by atoms with Gasteiger partial charge in [-0.05, 0) is 31.0 Å². The minimum absolute atomic E-state index is 0.0339. The topological polar surface area (TPSA) is 18.5 Å². The molecule has 1 fully saturated rings. The fraction of sp³-hybridized carbons (Fsp3) is 0.625. The molecule has 104 valence electrons. The van der Waals surface area contributed by atoms with Crippen LogP contribution >= 0.6 is 11.6 Å². The monoisotopic (exact) mass is 280 g/mol. The highest BCUT2D eigenvalue weighted by atomic mass is 35.5. The van der Waals surface area contributed by atoms with Gasteiger partial charge in [0, 0.05) is 16.9 Å². The first-order valence-electron chi connectivity index (χ1n) is 7.00. The van der Waals surface area contributed by atoms with Gasteiger partial charge < -0.3 is 9.47 Å². The van der Waals surface area contributed by atoms with Crippen LogP contribution in [0.5, 0.6) is 5.75 Å². The summed E-state index contributed by atoms with van der Waals surface area (Å²) in [6.07, 6.45) is 1.38. The molecule has 19 heavy (non-hydrogen) atoms. The molecule has 3 unspecified atom stereocenters. The van der Waals surface area contributed by atoms with E-state index in [0.29, 0.717) is 12.0 Å². The Morgan fingerprint density at radius 2 is 2.16 bits per heavy atom. The zero-order chi connectivity index (χ0) is 13.6. The molecule has 2 aliphatic heterocycles. The Morgan fingerprint density at radius 3 is 2.84 bits per heavy atom. The van der Waals surface area contributed by atoms with Crippen molar-refractivity contribution in [1.82, 2.24) is 0 Å². The van der Waals surface area contributed by atoms with Crippen LogP contribution in [0.1, 0.15) is 43.7 Å². The Hall–Kier alpha value is -0.730. The van der Waals surface area contributed by atoms with Crippen LogP contribution in [0.15, 0.2) is 18.2 Å². The molecule has 1 saturated heterocycles. The number of alkyl halides is 1. The molecular weight excluding hydrogens is 260 g/mol. The highest BCUT2D eigenvalue weighted by Crippen LogP contribution is 2.43. The number of benzene rings is 1. The predicted octanol–water partition coefficient (Wildman–Crippen LogP) is 4.06. The van der Waals surface area contributed by atoms with Gasteiger partial charge in [-0.1, -0.05) is 19.9 Å². The summed E-state index contributed by atoms with van der Waals surface area (Å²) in [7, 11) is 0. The standard InChI is InChI=1S/C16H21ClO2/c1-10-6-12(8-18-10)15(17)11-4-5-14-13(7-11)16(2,3)9-19-14/h4-5,7,10,12,15H,6,8-9H2,1-3H3. The van der Waals surface area contributed by atoms with Crippen molar-refractivity contribution in [3.8, 4) is 5.75 Å². The summed E-state index contributed by atoms with van der Waals surface area (Å²) in [6.45, 7) is 8.07. The van der Waals surface area contributed by atoms with Crippen LogP contribution in [0, 0.1) is 5.92 Å². The van der Waals surface area contributed by atoms with Gasteiger partial charge in [0.1, 0.15) is 5.75 Å². The maximum Gasteiger partial charge on any atom is 0.123 e. The fourth-order valence-electron chi connectivity index (χ4n) is 3.04. The third kappa shape index (κ3) is 2.36. The summed E-state index contributed by atoms with van der Waals surface area (Å²) in [4.78, 5) is 0. The Morgan fingerprint density at radius 1 is 1.37 bits per heavy atom. The van der Waals surface area contributed by atoms with Crippen molar-refractivity contribution in [2.24, 2.45) is 5.92 Å². The van der Waals surface area contributed by atoms with Crippen LogP contribution in [0.4, 0.5) is 0 Å². The second-order valence-corrected chi connectivity index (χ2v) is 6.94. The fourth-order valence-corrected chi connectivity index (χ4v) is 3.35. The third-order valence-electron chi connectivity index (χ3n) is 4.28. The molecule has 0 aliphatic carbocycles. The SMILES string of the molecule is CC1CC(C(Cl)c2ccc3c(c2)C(C)(C)CO3)CO1. The minimum atomic E-state index is 0.0339. The third-order valence-corrected chi connectivity index (χ3v) is 4.89. The molecule has 1 aromatic carbocycles. The van der Waals surface area contributed by atoms with Crippen LogP contribution in [0.25, 0.3) is 0 Å². The van der Waals surface area contributed by atoms with Gasteiger partial charge in [0.2, 0.25) is 0 Å². The van der Waals surface area contributed by atoms with E-state index in [1.165, 1.54) is 11.1 Å². The quantitative estimate of drug-likeness (QED) is 0.761. The average Bonchev–Trinajstić information content (AvgIpc) is 2.93. The van der Waals surface area contributed by atoms with Crippen LogP contribution in [-0.4, -0.2) is 19.3 Å². The molecule has 0 aromatic heterocycles. The van der Waals surface area contributed by atoms with E-state index in [9.17, 15) is 0 Å². The lowest BCUT2D eigenvalue weighted by atomic mass is 9.85. The Bertz CT molecular complexity index is 484. The van der Waals surface area contributed by atoms with Crippen molar-refractivity contribution in [1.29, 1.82) is 0 Å². The molecule has 2 aliphatic rings. The second-order valence-electron chi connectivity index (χ2n) is 6.47. The summed E-state index contributed by atoms with van der Waals surface area (Å²) in [5, 5.41) is 0.0339. The maximum absolute atomic E-state index is 6.65. The lowest BCUT2D eigenvalue weighted by molar-refractivity contribution is 0.120. The molecule has 0 spiro atoms. The lowest BCUT2D eigenvalue weighted by Crippen LogP contribution is -2.18. The van der Waals surface area contributed by atoms with Crippen molar-refractivity contribution in [2.45, 2.75) is 44.1 Å². The van der Waals surface area contributed by atoms with Crippen LogP contribution in [-0.2, 0) is 10.2 Å². The molecule has 2 heterocycles. The van der Waals surface area contributed by atoms with Crippen LogP contribution in [0.3, 0.4) is 0 Å². The van der Waals surface area contributed by atoms with Crippen molar-refractivity contribution < 1.29 is 9.47 Å². The minimum Gasteiger partial charge on any atom is -0.492 e. The van der Waals surface area contributed by atoms with Gasteiger partial charge in [-0.2, -0.15) is 0 Å². The second kappa shape index (κ2) is 4.68. The number of hydrogen-bond acceptors (Lipinski definition) is 2. The van der Waals surface area contributed by atoms with Gasteiger partial charge in [-0.3, -0.25) is 0 Å². The van der Waals surface area contributed by atoms with Gasteiger partial charge >= 0.3 is 0 Å². The molecule has 3 heteroatoms. The molecule has 2 nitrogen and oxygen atoms in total. The molecular formula is C16H21ClO2. The Balaban J connectivity index is 1.86.